The van der Waals surface area contributed by atoms with Gasteiger partial charge in [-0.2, -0.15) is 0 Å². The fourth-order valence-electron chi connectivity index (χ4n) is 1.50. The summed E-state index contributed by atoms with van der Waals surface area (Å²) in [4.78, 5) is 0. The average Bonchev–Trinajstić information content (AvgIpc) is 2.32. The minimum Gasteiger partial charge on any atom is -0.759 e. The summed E-state index contributed by atoms with van der Waals surface area (Å²) in [6, 6.07) is 0. The molecular formula is C12H32O4P2S. The molecule has 0 bridgehead atoms. The second kappa shape index (κ2) is 16.8. The fraction of sp³-hybridized carbons (Fsp3) is 1.00. The quantitative estimate of drug-likeness (QED) is 0.424. The minimum absolute atomic E-state index is 0.137. The van der Waals surface area contributed by atoms with Gasteiger partial charge in [-0.3, -0.25) is 8.42 Å². The molecule has 0 unspecified atom stereocenters. The Balaban J connectivity index is -0.000000206. The lowest BCUT2D eigenvalue weighted by atomic mass is 10.9. The van der Waals surface area contributed by atoms with E-state index in [1.54, 1.807) is 0 Å². The van der Waals surface area contributed by atoms with Crippen LogP contribution in [0.2, 0.25) is 0 Å². The van der Waals surface area contributed by atoms with Crippen LogP contribution in [0, 0.1) is 0 Å². The predicted octanol–water partition coefficient (Wildman–Crippen LogP) is 3.18. The summed E-state index contributed by atoms with van der Waals surface area (Å²) >= 11 is 0. The van der Waals surface area contributed by atoms with Crippen molar-refractivity contribution < 1.29 is 17.5 Å². The summed E-state index contributed by atoms with van der Waals surface area (Å²) in [6.45, 7) is 13.8. The molecule has 0 heterocycles. The van der Waals surface area contributed by atoms with E-state index < -0.39 is 10.4 Å². The highest BCUT2D eigenvalue weighted by atomic mass is 32.3. The molecule has 0 saturated heterocycles. The van der Waals surface area contributed by atoms with Crippen LogP contribution in [0.5, 0.6) is 0 Å². The van der Waals surface area contributed by atoms with Crippen LogP contribution in [0.3, 0.4) is 0 Å². The Bertz CT molecular complexity index is 219. The Labute approximate surface area is 122 Å². The van der Waals surface area contributed by atoms with Crippen LogP contribution >= 0.6 is 15.8 Å². The first kappa shape index (κ1) is 24.7. The van der Waals surface area contributed by atoms with Gasteiger partial charge in [0.25, 0.3) is 0 Å². The summed E-state index contributed by atoms with van der Waals surface area (Å²) in [5, 5.41) is 0. The summed E-state index contributed by atoms with van der Waals surface area (Å²) in [5.41, 5.74) is 0. The van der Waals surface area contributed by atoms with Crippen molar-refractivity contribution in [2.75, 3.05) is 37.0 Å². The van der Waals surface area contributed by atoms with Crippen molar-refractivity contribution in [3.05, 3.63) is 0 Å². The molecule has 0 N–H and O–H groups in total. The van der Waals surface area contributed by atoms with E-state index in [2.05, 4.69) is 41.5 Å². The van der Waals surface area contributed by atoms with E-state index in [1.807, 2.05) is 0 Å². The lowest BCUT2D eigenvalue weighted by Gasteiger charge is -2.06. The zero-order chi connectivity index (χ0) is 15.9. The Morgan fingerprint density at radius 3 is 0.737 bits per heavy atom. The summed E-state index contributed by atoms with van der Waals surface area (Å²) < 4.78 is 34.1. The first-order chi connectivity index (χ1) is 8.69. The maximum absolute atomic E-state index is 8.52. The standard InChI is InChI=1S/2C6H15P.H2O4S/c2*1-4-7(5-2)6-3;1-5(2,3)4/h2*4-6H2,1-3H3;(H2,1,2,3,4). The van der Waals surface area contributed by atoms with Crippen molar-refractivity contribution in [2.24, 2.45) is 0 Å². The third kappa shape index (κ3) is 32.3. The molecule has 0 atom stereocenters. The van der Waals surface area contributed by atoms with Crippen molar-refractivity contribution in [2.45, 2.75) is 41.5 Å². The van der Waals surface area contributed by atoms with Gasteiger partial charge in [0.15, 0.2) is 0 Å². The van der Waals surface area contributed by atoms with Gasteiger partial charge in [0.1, 0.15) is 0 Å². The van der Waals surface area contributed by atoms with E-state index in [-0.39, 0.29) is 15.8 Å². The molecule has 7 heteroatoms. The Kier molecular flexibility index (Phi) is 21.8. The summed E-state index contributed by atoms with van der Waals surface area (Å²) in [6.07, 6.45) is 8.74. The minimum atomic E-state index is -5.17. The van der Waals surface area contributed by atoms with E-state index in [9.17, 15) is 0 Å². The molecule has 0 rings (SSSR count). The van der Waals surface area contributed by atoms with Crippen LogP contribution in [0.15, 0.2) is 0 Å². The predicted molar refractivity (Wildman–Crippen MR) is 90.4 cm³/mol. The fourth-order valence-corrected chi connectivity index (χ4v) is 4.50. The third-order valence-corrected chi connectivity index (χ3v) is 9.00. The molecule has 0 saturated carbocycles. The maximum atomic E-state index is 8.52. The van der Waals surface area contributed by atoms with Crippen molar-refractivity contribution in [3.63, 3.8) is 0 Å². The molecule has 0 aromatic heterocycles. The molecule has 120 valence electrons. The zero-order valence-corrected chi connectivity index (χ0v) is 16.1. The van der Waals surface area contributed by atoms with Gasteiger partial charge in [-0.15, -0.1) is 0 Å². The normalized spacial score (nSPS) is 10.6. The first-order valence-electron chi connectivity index (χ1n) is 7.03. The Morgan fingerprint density at radius 1 is 0.632 bits per heavy atom. The highest BCUT2D eigenvalue weighted by molar-refractivity contribution is 7.79. The van der Waals surface area contributed by atoms with Gasteiger partial charge in [-0.25, -0.2) is 0 Å². The molecule has 4 nitrogen and oxygen atoms in total. The second-order valence-electron chi connectivity index (χ2n) is 4.03. The molecule has 0 fully saturated rings. The van der Waals surface area contributed by atoms with Crippen LogP contribution < -0.4 is 0 Å². The van der Waals surface area contributed by atoms with E-state index in [0.717, 1.165) is 0 Å². The van der Waals surface area contributed by atoms with E-state index >= 15 is 0 Å². The molecule has 0 amide bonds. The largest absolute Gasteiger partial charge is 0.759 e. The highest BCUT2D eigenvalue weighted by Crippen LogP contribution is 2.32. The van der Waals surface area contributed by atoms with E-state index in [4.69, 9.17) is 17.5 Å². The maximum Gasteiger partial charge on any atom is 0.0543 e. The van der Waals surface area contributed by atoms with Crippen molar-refractivity contribution >= 4 is 26.2 Å². The molecule has 19 heavy (non-hydrogen) atoms. The van der Waals surface area contributed by atoms with Crippen molar-refractivity contribution in [3.8, 4) is 0 Å². The van der Waals surface area contributed by atoms with Gasteiger partial charge in [0.2, 0.25) is 0 Å². The highest BCUT2D eigenvalue weighted by Gasteiger charge is 2.03. The van der Waals surface area contributed by atoms with E-state index in [1.165, 1.54) is 37.0 Å². The van der Waals surface area contributed by atoms with Gasteiger partial charge in [0, 0.05) is 10.4 Å². The number of rotatable bonds is 6. The topological polar surface area (TPSA) is 80.3 Å². The van der Waals surface area contributed by atoms with Crippen molar-refractivity contribution in [1.82, 2.24) is 0 Å². The van der Waals surface area contributed by atoms with Crippen LogP contribution in [0.1, 0.15) is 41.5 Å². The molecule has 0 aliphatic carbocycles. The smallest absolute Gasteiger partial charge is 0.0543 e. The van der Waals surface area contributed by atoms with Crippen LogP contribution in [0.4, 0.5) is 0 Å². The molecule has 0 spiro atoms. The molecule has 0 aromatic rings. The lowest BCUT2D eigenvalue weighted by molar-refractivity contribution is 0.352. The molecular weight excluding hydrogens is 302 g/mol. The number of hydrogen-bond acceptors (Lipinski definition) is 4. The average molecular weight is 334 g/mol. The van der Waals surface area contributed by atoms with Crippen LogP contribution in [-0.2, 0) is 10.4 Å². The zero-order valence-electron chi connectivity index (χ0n) is 13.3. The second-order valence-corrected chi connectivity index (χ2v) is 12.1. The monoisotopic (exact) mass is 334 g/mol. The van der Waals surface area contributed by atoms with E-state index in [0.29, 0.717) is 0 Å². The lowest BCUT2D eigenvalue weighted by Crippen LogP contribution is -1.91. The Morgan fingerprint density at radius 2 is 0.737 bits per heavy atom. The van der Waals surface area contributed by atoms with Gasteiger partial charge < -0.3 is 9.11 Å². The molecule has 0 aliphatic heterocycles. The van der Waals surface area contributed by atoms with Gasteiger partial charge in [0.05, 0.1) is 37.0 Å². The van der Waals surface area contributed by atoms with Gasteiger partial charge in [-0.1, -0.05) is 0 Å². The summed E-state index contributed by atoms with van der Waals surface area (Å²) in [7, 11) is -4.89. The Hall–Kier alpha value is 0.730. The number of hydrogen-bond donors (Lipinski definition) is 0. The molecule has 0 aromatic carbocycles. The van der Waals surface area contributed by atoms with Crippen LogP contribution in [0.25, 0.3) is 0 Å². The first-order valence-corrected chi connectivity index (χ1v) is 12.6. The van der Waals surface area contributed by atoms with Crippen molar-refractivity contribution in [1.29, 1.82) is 0 Å². The third-order valence-electron chi connectivity index (χ3n) is 3.00. The molecule has 0 aliphatic rings. The van der Waals surface area contributed by atoms with Gasteiger partial charge in [-0.05, 0) is 57.4 Å². The van der Waals surface area contributed by atoms with Crippen LogP contribution in [-0.4, -0.2) is 54.5 Å². The van der Waals surface area contributed by atoms with Gasteiger partial charge >= 0.3 is 0 Å². The SMILES string of the molecule is CC[PH+](CC)CC.CC[PH+](CC)CC.O=S(=O)([O-])[O-]. The molecule has 0 radical (unpaired) electrons. The summed E-state index contributed by atoms with van der Waals surface area (Å²) in [5.74, 6) is 0.